The van der Waals surface area contributed by atoms with Gasteiger partial charge in [0.15, 0.2) is 5.96 Å². The highest BCUT2D eigenvalue weighted by molar-refractivity contribution is 14.0. The molecule has 0 bridgehead atoms. The van der Waals surface area contributed by atoms with Crippen molar-refractivity contribution >= 4 is 35.6 Å². The molecule has 0 unspecified atom stereocenters. The molecule has 0 atom stereocenters. The minimum atomic E-state index is 0. The van der Waals surface area contributed by atoms with E-state index in [4.69, 9.17) is 9.72 Å². The summed E-state index contributed by atoms with van der Waals surface area (Å²) in [6.45, 7) is 5.54. The van der Waals surface area contributed by atoms with Gasteiger partial charge in [0.25, 0.3) is 0 Å². The van der Waals surface area contributed by atoms with Gasteiger partial charge < -0.3 is 19.8 Å². The van der Waals surface area contributed by atoms with Gasteiger partial charge in [-0.25, -0.2) is 4.98 Å². The lowest BCUT2D eigenvalue weighted by Gasteiger charge is -2.14. The Balaban J connectivity index is 0.00000280. The second kappa shape index (κ2) is 10.3. The molecule has 0 radical (unpaired) electrons. The Labute approximate surface area is 183 Å². The Kier molecular flexibility index (Phi) is 8.10. The van der Waals surface area contributed by atoms with Crippen molar-refractivity contribution in [1.29, 1.82) is 0 Å². The lowest BCUT2D eigenvalue weighted by Crippen LogP contribution is -2.37. The predicted octanol–water partition coefficient (Wildman–Crippen LogP) is 3.49. The van der Waals surface area contributed by atoms with Crippen molar-refractivity contribution in [2.45, 2.75) is 26.8 Å². The average molecular weight is 493 g/mol. The van der Waals surface area contributed by atoms with Gasteiger partial charge in [-0.2, -0.15) is 0 Å². The smallest absolute Gasteiger partial charge is 0.191 e. The first kappa shape index (κ1) is 22.0. The number of benzene rings is 1. The fourth-order valence-corrected chi connectivity index (χ4v) is 3.03. The van der Waals surface area contributed by atoms with Crippen LogP contribution >= 0.6 is 24.0 Å². The number of fused-ring (bicyclic) bond motifs is 1. The summed E-state index contributed by atoms with van der Waals surface area (Å²) in [7, 11) is 3.47. The normalized spacial score (nSPS) is 11.2. The molecule has 0 fully saturated rings. The monoisotopic (exact) mass is 493 g/mol. The number of hydrogen-bond acceptors (Lipinski definition) is 3. The van der Waals surface area contributed by atoms with Crippen molar-refractivity contribution in [3.63, 3.8) is 0 Å². The van der Waals surface area contributed by atoms with Gasteiger partial charge in [0.05, 0.1) is 12.8 Å². The van der Waals surface area contributed by atoms with E-state index >= 15 is 0 Å². The van der Waals surface area contributed by atoms with Gasteiger partial charge in [-0.3, -0.25) is 4.99 Å². The Morgan fingerprint density at radius 1 is 1.21 bits per heavy atom. The third-order valence-electron chi connectivity index (χ3n) is 4.51. The first-order valence-corrected chi connectivity index (χ1v) is 9.12. The number of halogens is 1. The molecule has 3 aromatic rings. The number of pyridine rings is 1. The molecule has 2 aromatic heterocycles. The van der Waals surface area contributed by atoms with E-state index in [9.17, 15) is 0 Å². The number of nitrogens with zero attached hydrogens (tertiary/aromatic N) is 3. The maximum atomic E-state index is 5.46. The molecular formula is C21H28IN5O. The molecule has 3 rings (SSSR count). The fourth-order valence-electron chi connectivity index (χ4n) is 3.03. The molecule has 2 heterocycles. The van der Waals surface area contributed by atoms with Gasteiger partial charge in [-0.15, -0.1) is 24.0 Å². The SMILES string of the molecule is CN=C(NCCc1cn2cccc(C)c2n1)NCc1ccc(C)cc1OC.I. The van der Waals surface area contributed by atoms with Gasteiger partial charge in [0.1, 0.15) is 11.4 Å². The largest absolute Gasteiger partial charge is 0.496 e. The Hall–Kier alpha value is -2.29. The quantitative estimate of drug-likeness (QED) is 0.314. The van der Waals surface area contributed by atoms with Crippen molar-refractivity contribution in [3.05, 3.63) is 65.1 Å². The molecule has 1 aromatic carbocycles. The van der Waals surface area contributed by atoms with Gasteiger partial charge in [0.2, 0.25) is 0 Å². The van der Waals surface area contributed by atoms with Crippen LogP contribution in [0.3, 0.4) is 0 Å². The first-order chi connectivity index (χ1) is 13.1. The number of imidazole rings is 1. The van der Waals surface area contributed by atoms with Gasteiger partial charge in [-0.1, -0.05) is 18.2 Å². The Morgan fingerprint density at radius 2 is 2.04 bits per heavy atom. The molecule has 0 aliphatic heterocycles. The van der Waals surface area contributed by atoms with Crippen molar-refractivity contribution in [2.75, 3.05) is 20.7 Å². The third-order valence-corrected chi connectivity index (χ3v) is 4.51. The van der Waals surface area contributed by atoms with E-state index < -0.39 is 0 Å². The fraction of sp³-hybridized carbons (Fsp3) is 0.333. The summed E-state index contributed by atoms with van der Waals surface area (Å²) in [4.78, 5) is 9.00. The lowest BCUT2D eigenvalue weighted by atomic mass is 10.1. The maximum absolute atomic E-state index is 5.46. The second-order valence-corrected chi connectivity index (χ2v) is 6.57. The van der Waals surface area contributed by atoms with Gasteiger partial charge in [-0.05, 0) is 37.1 Å². The third kappa shape index (κ3) is 5.37. The Morgan fingerprint density at radius 3 is 2.75 bits per heavy atom. The van der Waals surface area contributed by atoms with Crippen LogP contribution in [-0.2, 0) is 13.0 Å². The summed E-state index contributed by atoms with van der Waals surface area (Å²) in [6, 6.07) is 10.3. The highest BCUT2D eigenvalue weighted by Gasteiger charge is 2.06. The zero-order chi connectivity index (χ0) is 19.2. The summed E-state index contributed by atoms with van der Waals surface area (Å²) < 4.78 is 7.53. The molecule has 28 heavy (non-hydrogen) atoms. The van der Waals surface area contributed by atoms with Crippen LogP contribution in [0, 0.1) is 13.8 Å². The minimum absolute atomic E-state index is 0. The van der Waals surface area contributed by atoms with E-state index in [2.05, 4.69) is 58.3 Å². The molecule has 0 spiro atoms. The molecule has 150 valence electrons. The van der Waals surface area contributed by atoms with Crippen LogP contribution in [0.4, 0.5) is 0 Å². The molecule has 0 aliphatic carbocycles. The zero-order valence-electron chi connectivity index (χ0n) is 16.8. The topological polar surface area (TPSA) is 63.0 Å². The predicted molar refractivity (Wildman–Crippen MR) is 125 cm³/mol. The summed E-state index contributed by atoms with van der Waals surface area (Å²) >= 11 is 0. The van der Waals surface area contributed by atoms with E-state index in [-0.39, 0.29) is 24.0 Å². The van der Waals surface area contributed by atoms with Crippen LogP contribution in [0.25, 0.3) is 5.65 Å². The standard InChI is InChI=1S/C21H27N5O.HI/c1-15-7-8-17(19(12-15)27-4)13-24-21(22-3)23-10-9-18-14-26-11-5-6-16(2)20(26)25-18;/h5-8,11-12,14H,9-10,13H2,1-4H3,(H2,22,23,24);1H. The van der Waals surface area contributed by atoms with E-state index in [1.54, 1.807) is 14.2 Å². The minimum Gasteiger partial charge on any atom is -0.496 e. The second-order valence-electron chi connectivity index (χ2n) is 6.57. The van der Waals surface area contributed by atoms with Crippen LogP contribution < -0.4 is 15.4 Å². The summed E-state index contributed by atoms with van der Waals surface area (Å²) in [5.74, 6) is 1.65. The molecule has 2 N–H and O–H groups in total. The zero-order valence-corrected chi connectivity index (χ0v) is 19.2. The number of aliphatic imine (C=N–C) groups is 1. The van der Waals surface area contributed by atoms with E-state index in [1.165, 1.54) is 11.1 Å². The summed E-state index contributed by atoms with van der Waals surface area (Å²) in [6.07, 6.45) is 4.94. The van der Waals surface area contributed by atoms with E-state index in [0.29, 0.717) is 6.54 Å². The van der Waals surface area contributed by atoms with Crippen LogP contribution in [0.15, 0.2) is 47.7 Å². The van der Waals surface area contributed by atoms with Crippen LogP contribution in [0.2, 0.25) is 0 Å². The van der Waals surface area contributed by atoms with Gasteiger partial charge >= 0.3 is 0 Å². The lowest BCUT2D eigenvalue weighted by molar-refractivity contribution is 0.408. The number of ether oxygens (including phenoxy) is 1. The number of aryl methyl sites for hydroxylation is 2. The molecule has 0 saturated heterocycles. The molecular weight excluding hydrogens is 465 g/mol. The number of nitrogens with one attached hydrogen (secondary N) is 2. The number of hydrogen-bond donors (Lipinski definition) is 2. The number of methoxy groups -OCH3 is 1. The van der Waals surface area contributed by atoms with Crippen LogP contribution in [-0.4, -0.2) is 36.0 Å². The van der Waals surface area contributed by atoms with Crippen LogP contribution in [0.1, 0.15) is 22.4 Å². The number of aromatic nitrogens is 2. The summed E-state index contributed by atoms with van der Waals surface area (Å²) in [5.41, 5.74) is 5.54. The highest BCUT2D eigenvalue weighted by atomic mass is 127. The van der Waals surface area contributed by atoms with E-state index in [0.717, 1.165) is 41.6 Å². The van der Waals surface area contributed by atoms with Gasteiger partial charge in [0, 0.05) is 44.5 Å². The molecule has 0 amide bonds. The van der Waals surface area contributed by atoms with Crippen molar-refractivity contribution in [3.8, 4) is 5.75 Å². The molecule has 0 aliphatic rings. The average Bonchev–Trinajstić information content (AvgIpc) is 3.09. The van der Waals surface area contributed by atoms with Crippen LogP contribution in [0.5, 0.6) is 5.75 Å². The number of rotatable bonds is 6. The molecule has 0 saturated carbocycles. The van der Waals surface area contributed by atoms with Crippen molar-refractivity contribution < 1.29 is 4.74 Å². The number of guanidine groups is 1. The highest BCUT2D eigenvalue weighted by Crippen LogP contribution is 2.19. The van der Waals surface area contributed by atoms with E-state index in [1.807, 2.05) is 18.3 Å². The maximum Gasteiger partial charge on any atom is 0.191 e. The Bertz CT molecular complexity index is 951. The van der Waals surface area contributed by atoms with Crippen molar-refractivity contribution in [1.82, 2.24) is 20.0 Å². The first-order valence-electron chi connectivity index (χ1n) is 9.12. The van der Waals surface area contributed by atoms with Crippen molar-refractivity contribution in [2.24, 2.45) is 4.99 Å². The summed E-state index contributed by atoms with van der Waals surface area (Å²) in [5, 5.41) is 6.68. The molecule has 6 nitrogen and oxygen atoms in total. The molecule has 7 heteroatoms.